The maximum Gasteiger partial charge on any atom is 0.223 e. The highest BCUT2D eigenvalue weighted by molar-refractivity contribution is 7.80. The van der Waals surface area contributed by atoms with Gasteiger partial charge in [0.25, 0.3) is 0 Å². The highest BCUT2D eigenvalue weighted by Gasteiger charge is 2.43. The molecule has 0 N–H and O–H groups in total. The normalized spacial score (nSPS) is 24.1. The first-order valence-corrected chi connectivity index (χ1v) is 6.67. The highest BCUT2D eigenvalue weighted by Crippen LogP contribution is 2.50. The zero-order valence-corrected chi connectivity index (χ0v) is 10.4. The SMILES string of the molecule is CN(C(=O)CC1(CS)CC1)C1CCCC1. The molecule has 2 fully saturated rings. The van der Waals surface area contributed by atoms with Crippen LogP contribution in [-0.2, 0) is 4.79 Å². The van der Waals surface area contributed by atoms with Crippen molar-refractivity contribution in [2.75, 3.05) is 12.8 Å². The second-order valence-corrected chi connectivity index (χ2v) is 5.59. The lowest BCUT2D eigenvalue weighted by Gasteiger charge is -2.26. The van der Waals surface area contributed by atoms with Crippen LogP contribution in [0.4, 0.5) is 0 Å². The fraction of sp³-hybridized carbons (Fsp3) is 0.917. The summed E-state index contributed by atoms with van der Waals surface area (Å²) in [5, 5.41) is 0. The van der Waals surface area contributed by atoms with Crippen LogP contribution in [0.1, 0.15) is 44.9 Å². The van der Waals surface area contributed by atoms with Crippen molar-refractivity contribution in [1.82, 2.24) is 4.90 Å². The van der Waals surface area contributed by atoms with Gasteiger partial charge in [0, 0.05) is 19.5 Å². The Labute approximate surface area is 97.8 Å². The minimum absolute atomic E-state index is 0.271. The van der Waals surface area contributed by atoms with E-state index in [9.17, 15) is 4.79 Å². The summed E-state index contributed by atoms with van der Waals surface area (Å²) in [4.78, 5) is 14.0. The van der Waals surface area contributed by atoms with Crippen molar-refractivity contribution in [2.45, 2.75) is 51.0 Å². The molecule has 0 spiro atoms. The van der Waals surface area contributed by atoms with Crippen molar-refractivity contribution < 1.29 is 4.79 Å². The summed E-state index contributed by atoms with van der Waals surface area (Å²) < 4.78 is 0. The Bertz CT molecular complexity index is 244. The van der Waals surface area contributed by atoms with Crippen LogP contribution in [0.2, 0.25) is 0 Å². The molecular weight excluding hydrogens is 206 g/mol. The molecule has 0 atom stereocenters. The first-order valence-electron chi connectivity index (χ1n) is 6.03. The van der Waals surface area contributed by atoms with E-state index in [4.69, 9.17) is 0 Å². The van der Waals surface area contributed by atoms with Crippen LogP contribution in [-0.4, -0.2) is 29.6 Å². The molecule has 0 aliphatic heterocycles. The van der Waals surface area contributed by atoms with E-state index >= 15 is 0 Å². The van der Waals surface area contributed by atoms with E-state index in [0.29, 0.717) is 11.9 Å². The average molecular weight is 227 g/mol. The molecule has 2 rings (SSSR count). The van der Waals surface area contributed by atoms with E-state index in [1.165, 1.54) is 38.5 Å². The molecule has 0 aromatic rings. The average Bonchev–Trinajstić information content (AvgIpc) is 2.81. The molecule has 15 heavy (non-hydrogen) atoms. The molecule has 1 amide bonds. The quantitative estimate of drug-likeness (QED) is 0.732. The third-order valence-electron chi connectivity index (χ3n) is 4.08. The van der Waals surface area contributed by atoms with E-state index in [0.717, 1.165) is 12.2 Å². The van der Waals surface area contributed by atoms with Crippen molar-refractivity contribution >= 4 is 18.5 Å². The van der Waals surface area contributed by atoms with Gasteiger partial charge in [-0.2, -0.15) is 12.6 Å². The number of rotatable bonds is 4. The van der Waals surface area contributed by atoms with Crippen molar-refractivity contribution in [3.05, 3.63) is 0 Å². The fourth-order valence-corrected chi connectivity index (χ4v) is 2.94. The van der Waals surface area contributed by atoms with Crippen LogP contribution in [0.5, 0.6) is 0 Å². The minimum atomic E-state index is 0.271. The van der Waals surface area contributed by atoms with Gasteiger partial charge in [-0.05, 0) is 36.9 Å². The maximum absolute atomic E-state index is 12.0. The van der Waals surface area contributed by atoms with E-state index in [1.54, 1.807) is 0 Å². The summed E-state index contributed by atoms with van der Waals surface area (Å²) in [7, 11) is 1.98. The molecule has 86 valence electrons. The Morgan fingerprint density at radius 3 is 2.47 bits per heavy atom. The fourth-order valence-electron chi connectivity index (χ4n) is 2.51. The molecule has 2 aliphatic rings. The molecule has 0 heterocycles. The lowest BCUT2D eigenvalue weighted by atomic mass is 10.0. The van der Waals surface area contributed by atoms with Crippen LogP contribution < -0.4 is 0 Å². The van der Waals surface area contributed by atoms with Crippen LogP contribution in [0.3, 0.4) is 0 Å². The number of nitrogens with zero attached hydrogens (tertiary/aromatic N) is 1. The van der Waals surface area contributed by atoms with Gasteiger partial charge in [0.2, 0.25) is 5.91 Å². The lowest BCUT2D eigenvalue weighted by Crippen LogP contribution is -2.36. The van der Waals surface area contributed by atoms with Crippen molar-refractivity contribution in [2.24, 2.45) is 5.41 Å². The third-order valence-corrected chi connectivity index (χ3v) is 4.76. The predicted molar refractivity (Wildman–Crippen MR) is 65.2 cm³/mol. The summed E-state index contributed by atoms with van der Waals surface area (Å²) in [6.07, 6.45) is 8.11. The zero-order valence-electron chi connectivity index (χ0n) is 9.54. The molecule has 2 nitrogen and oxygen atoms in total. The Balaban J connectivity index is 1.84. The summed E-state index contributed by atoms with van der Waals surface area (Å²) >= 11 is 4.35. The van der Waals surface area contributed by atoms with Gasteiger partial charge >= 0.3 is 0 Å². The molecule has 0 aromatic carbocycles. The Hall–Kier alpha value is -0.180. The van der Waals surface area contributed by atoms with Gasteiger partial charge in [-0.25, -0.2) is 0 Å². The topological polar surface area (TPSA) is 20.3 Å². The van der Waals surface area contributed by atoms with Gasteiger partial charge in [0.1, 0.15) is 0 Å². The molecular formula is C12H21NOS. The number of hydrogen-bond donors (Lipinski definition) is 1. The second kappa shape index (κ2) is 4.36. The molecule has 2 saturated carbocycles. The number of hydrogen-bond acceptors (Lipinski definition) is 2. The monoisotopic (exact) mass is 227 g/mol. The van der Waals surface area contributed by atoms with Gasteiger partial charge < -0.3 is 4.90 Å². The van der Waals surface area contributed by atoms with Crippen molar-refractivity contribution in [3.63, 3.8) is 0 Å². The molecule has 0 unspecified atom stereocenters. The van der Waals surface area contributed by atoms with E-state index in [2.05, 4.69) is 12.6 Å². The summed E-state index contributed by atoms with van der Waals surface area (Å²) in [5.41, 5.74) is 0.271. The van der Waals surface area contributed by atoms with Crippen molar-refractivity contribution in [1.29, 1.82) is 0 Å². The van der Waals surface area contributed by atoms with Crippen LogP contribution in [0.25, 0.3) is 0 Å². The maximum atomic E-state index is 12.0. The zero-order chi connectivity index (χ0) is 10.9. The van der Waals surface area contributed by atoms with Crippen LogP contribution >= 0.6 is 12.6 Å². The molecule has 0 aromatic heterocycles. The Kier molecular flexibility index (Phi) is 3.29. The standard InChI is InChI=1S/C12H21NOS/c1-13(10-4-2-3-5-10)11(14)8-12(9-15)6-7-12/h10,15H,2-9H2,1H3. The Morgan fingerprint density at radius 2 is 2.00 bits per heavy atom. The van der Waals surface area contributed by atoms with Gasteiger partial charge in [-0.1, -0.05) is 12.8 Å². The molecule has 3 heteroatoms. The highest BCUT2D eigenvalue weighted by atomic mass is 32.1. The number of carbonyl (C=O) groups excluding carboxylic acids is 1. The van der Waals surface area contributed by atoms with Crippen LogP contribution in [0.15, 0.2) is 0 Å². The molecule has 0 radical (unpaired) electrons. The first kappa shape index (κ1) is 11.3. The first-order chi connectivity index (χ1) is 7.17. The van der Waals surface area contributed by atoms with Crippen LogP contribution in [0, 0.1) is 5.41 Å². The van der Waals surface area contributed by atoms with E-state index in [1.807, 2.05) is 11.9 Å². The second-order valence-electron chi connectivity index (χ2n) is 5.28. The van der Waals surface area contributed by atoms with Crippen molar-refractivity contribution in [3.8, 4) is 0 Å². The molecule has 0 bridgehead atoms. The predicted octanol–water partition coefficient (Wildman–Crippen LogP) is 2.49. The smallest absolute Gasteiger partial charge is 0.223 e. The van der Waals surface area contributed by atoms with Gasteiger partial charge in [0.15, 0.2) is 0 Å². The third kappa shape index (κ3) is 2.49. The summed E-state index contributed by atoms with van der Waals surface area (Å²) in [6.45, 7) is 0. The van der Waals surface area contributed by atoms with Gasteiger partial charge in [-0.3, -0.25) is 4.79 Å². The van der Waals surface area contributed by atoms with Gasteiger partial charge in [-0.15, -0.1) is 0 Å². The van der Waals surface area contributed by atoms with E-state index in [-0.39, 0.29) is 5.41 Å². The molecule has 2 aliphatic carbocycles. The number of thiol groups is 1. The largest absolute Gasteiger partial charge is 0.343 e. The number of carbonyl (C=O) groups is 1. The lowest BCUT2D eigenvalue weighted by molar-refractivity contribution is -0.133. The molecule has 0 saturated heterocycles. The van der Waals surface area contributed by atoms with Gasteiger partial charge in [0.05, 0.1) is 0 Å². The minimum Gasteiger partial charge on any atom is -0.343 e. The van der Waals surface area contributed by atoms with E-state index < -0.39 is 0 Å². The summed E-state index contributed by atoms with van der Waals surface area (Å²) in [6, 6.07) is 0.521. The summed E-state index contributed by atoms with van der Waals surface area (Å²) in [5.74, 6) is 1.21. The Morgan fingerprint density at radius 1 is 1.40 bits per heavy atom. The number of amides is 1.